The van der Waals surface area contributed by atoms with Gasteiger partial charge in [0.1, 0.15) is 5.75 Å². The Labute approximate surface area is 145 Å². The number of alkyl halides is 9. The third-order valence-electron chi connectivity index (χ3n) is 2.98. The fourth-order valence-electron chi connectivity index (χ4n) is 1.94. The molecular formula is C12H10F9NO4S. The highest BCUT2D eigenvalue weighted by molar-refractivity contribution is 7.89. The Hall–Kier alpha value is -1.74. The molecule has 0 saturated heterocycles. The van der Waals surface area contributed by atoms with Gasteiger partial charge in [0, 0.05) is 0 Å². The van der Waals surface area contributed by atoms with Crippen molar-refractivity contribution in [2.24, 2.45) is 5.92 Å². The second kappa shape index (κ2) is 7.71. The summed E-state index contributed by atoms with van der Waals surface area (Å²) in [6, 6.07) is -1.11. The second-order valence-electron chi connectivity index (χ2n) is 4.99. The molecule has 1 rings (SSSR count). The van der Waals surface area contributed by atoms with Crippen molar-refractivity contribution in [1.82, 2.24) is 4.72 Å². The van der Waals surface area contributed by atoms with Gasteiger partial charge < -0.3 is 9.84 Å². The zero-order valence-corrected chi connectivity index (χ0v) is 13.5. The Balaban J connectivity index is 3.13. The minimum Gasteiger partial charge on any atom is -0.406 e. The minimum atomic E-state index is -5.93. The molecule has 0 amide bonds. The van der Waals surface area contributed by atoms with E-state index < -0.39 is 57.9 Å². The van der Waals surface area contributed by atoms with E-state index in [1.807, 2.05) is 0 Å². The van der Waals surface area contributed by atoms with E-state index in [-0.39, 0.29) is 0 Å². The average molecular weight is 435 g/mol. The summed E-state index contributed by atoms with van der Waals surface area (Å²) < 4.78 is 140. The van der Waals surface area contributed by atoms with Crippen LogP contribution in [-0.2, 0) is 10.0 Å². The predicted molar refractivity (Wildman–Crippen MR) is 69.9 cm³/mol. The molecule has 1 aromatic carbocycles. The number of sulfonamides is 1. The van der Waals surface area contributed by atoms with Crippen LogP contribution < -0.4 is 9.46 Å². The molecule has 0 aliphatic heterocycles. The van der Waals surface area contributed by atoms with Crippen molar-refractivity contribution >= 4 is 10.0 Å². The lowest BCUT2D eigenvalue weighted by atomic mass is 10.00. The van der Waals surface area contributed by atoms with Gasteiger partial charge in [0.05, 0.1) is 17.5 Å². The largest absolute Gasteiger partial charge is 0.573 e. The quantitative estimate of drug-likeness (QED) is 0.674. The number of benzene rings is 1. The summed E-state index contributed by atoms with van der Waals surface area (Å²) in [7, 11) is -5.04. The van der Waals surface area contributed by atoms with E-state index in [0.717, 1.165) is 4.72 Å². The smallest absolute Gasteiger partial charge is 0.406 e. The van der Waals surface area contributed by atoms with Crippen LogP contribution in [0.3, 0.4) is 0 Å². The van der Waals surface area contributed by atoms with Crippen molar-refractivity contribution in [1.29, 1.82) is 0 Å². The molecule has 0 heterocycles. The molecule has 5 nitrogen and oxygen atoms in total. The molecule has 0 bridgehead atoms. The number of hydrogen-bond donors (Lipinski definition) is 2. The van der Waals surface area contributed by atoms with Crippen molar-refractivity contribution in [3.8, 4) is 5.75 Å². The number of halogens is 9. The number of ether oxygens (including phenoxy) is 1. The van der Waals surface area contributed by atoms with Crippen molar-refractivity contribution < 1.29 is 57.8 Å². The normalized spacial score (nSPS) is 15.1. The van der Waals surface area contributed by atoms with Gasteiger partial charge in [-0.2, -0.15) is 26.3 Å². The minimum absolute atomic E-state index is 0.466. The Bertz CT molecular complexity index is 711. The molecule has 0 aromatic heterocycles. The molecule has 1 atom stereocenters. The predicted octanol–water partition coefficient (Wildman–Crippen LogP) is 2.97. The molecule has 0 radical (unpaired) electrons. The van der Waals surface area contributed by atoms with Gasteiger partial charge >= 0.3 is 18.7 Å². The fraction of sp³-hybridized carbons (Fsp3) is 0.500. The lowest BCUT2D eigenvalue weighted by Gasteiger charge is -2.29. The highest BCUT2D eigenvalue weighted by Crippen LogP contribution is 2.41. The monoisotopic (exact) mass is 435 g/mol. The van der Waals surface area contributed by atoms with Gasteiger partial charge in [0.15, 0.2) is 5.92 Å². The molecule has 0 fully saturated rings. The zero-order valence-electron chi connectivity index (χ0n) is 12.7. The SMILES string of the molecule is O=S(=O)(NC(CO)C(C(F)(F)F)C(F)(F)F)c1ccc(OC(F)(F)F)cc1. The summed E-state index contributed by atoms with van der Waals surface area (Å²) in [5, 5.41) is 8.83. The number of rotatable bonds is 6. The van der Waals surface area contributed by atoms with E-state index in [2.05, 4.69) is 4.74 Å². The first-order valence-corrected chi connectivity index (χ1v) is 8.08. The van der Waals surface area contributed by atoms with Crippen LogP contribution in [0.15, 0.2) is 29.2 Å². The van der Waals surface area contributed by atoms with E-state index in [1.54, 1.807) is 0 Å². The van der Waals surface area contributed by atoms with Gasteiger partial charge in [0.2, 0.25) is 10.0 Å². The summed E-state index contributed by atoms with van der Waals surface area (Å²) >= 11 is 0. The van der Waals surface area contributed by atoms with Gasteiger partial charge in [-0.1, -0.05) is 0 Å². The molecule has 0 saturated carbocycles. The Morgan fingerprint density at radius 2 is 1.37 bits per heavy atom. The molecule has 27 heavy (non-hydrogen) atoms. The lowest BCUT2D eigenvalue weighted by Crippen LogP contribution is -2.54. The van der Waals surface area contributed by atoms with Crippen molar-refractivity contribution in [2.75, 3.05) is 6.61 Å². The van der Waals surface area contributed by atoms with Gasteiger partial charge in [-0.25, -0.2) is 13.1 Å². The maximum atomic E-state index is 12.7. The standard InChI is InChI=1S/C12H10F9NO4S/c13-10(14,15)9(11(16,17)18)8(5-23)22-27(24,25)7-3-1-6(2-4-7)26-12(19,20)21/h1-4,8-9,22-23H,5H2. The van der Waals surface area contributed by atoms with Crippen LogP contribution in [0.4, 0.5) is 39.5 Å². The van der Waals surface area contributed by atoms with Gasteiger partial charge in [-0.15, -0.1) is 13.2 Å². The topological polar surface area (TPSA) is 75.6 Å². The average Bonchev–Trinajstić information content (AvgIpc) is 2.42. The van der Waals surface area contributed by atoms with Crippen LogP contribution in [0.5, 0.6) is 5.75 Å². The molecule has 1 unspecified atom stereocenters. The molecule has 0 aliphatic carbocycles. The Morgan fingerprint density at radius 3 is 1.70 bits per heavy atom. The van der Waals surface area contributed by atoms with Gasteiger partial charge in [-0.3, -0.25) is 0 Å². The Kier molecular flexibility index (Phi) is 6.65. The van der Waals surface area contributed by atoms with Crippen LogP contribution in [0.25, 0.3) is 0 Å². The summed E-state index contributed by atoms with van der Waals surface area (Å²) in [6.07, 6.45) is -17.0. The summed E-state index contributed by atoms with van der Waals surface area (Å²) in [6.45, 7) is -1.85. The second-order valence-corrected chi connectivity index (χ2v) is 6.70. The highest BCUT2D eigenvalue weighted by Gasteiger charge is 2.60. The molecule has 156 valence electrons. The van der Waals surface area contributed by atoms with Crippen LogP contribution in [0, 0.1) is 5.92 Å². The van der Waals surface area contributed by atoms with E-state index in [1.165, 1.54) is 0 Å². The first kappa shape index (κ1) is 23.3. The highest BCUT2D eigenvalue weighted by atomic mass is 32.2. The summed E-state index contributed by atoms with van der Waals surface area (Å²) in [5.41, 5.74) is 0. The van der Waals surface area contributed by atoms with Gasteiger partial charge in [-0.05, 0) is 24.3 Å². The molecule has 0 spiro atoms. The lowest BCUT2D eigenvalue weighted by molar-refractivity contribution is -0.292. The Morgan fingerprint density at radius 1 is 0.926 bits per heavy atom. The van der Waals surface area contributed by atoms with Crippen LogP contribution in [-0.4, -0.2) is 44.9 Å². The van der Waals surface area contributed by atoms with E-state index in [4.69, 9.17) is 5.11 Å². The molecule has 2 N–H and O–H groups in total. The van der Waals surface area contributed by atoms with E-state index >= 15 is 0 Å². The maximum absolute atomic E-state index is 12.7. The van der Waals surface area contributed by atoms with E-state index in [0.29, 0.717) is 24.3 Å². The third-order valence-corrected chi connectivity index (χ3v) is 4.48. The van der Waals surface area contributed by atoms with Crippen LogP contribution in [0.2, 0.25) is 0 Å². The van der Waals surface area contributed by atoms with Crippen molar-refractivity contribution in [2.45, 2.75) is 29.7 Å². The van der Waals surface area contributed by atoms with Crippen molar-refractivity contribution in [3.05, 3.63) is 24.3 Å². The first-order chi connectivity index (χ1) is 12.0. The summed E-state index contributed by atoms with van der Waals surface area (Å²) in [4.78, 5) is -0.946. The third kappa shape index (κ3) is 6.73. The van der Waals surface area contributed by atoms with E-state index in [9.17, 15) is 47.9 Å². The molecule has 0 aliphatic rings. The van der Waals surface area contributed by atoms with Crippen LogP contribution >= 0.6 is 0 Å². The number of nitrogens with one attached hydrogen (secondary N) is 1. The maximum Gasteiger partial charge on any atom is 0.573 e. The molecular weight excluding hydrogens is 425 g/mol. The number of hydrogen-bond acceptors (Lipinski definition) is 4. The van der Waals surface area contributed by atoms with Crippen LogP contribution in [0.1, 0.15) is 0 Å². The molecule has 15 heteroatoms. The zero-order chi connectivity index (χ0) is 21.3. The molecule has 1 aromatic rings. The number of aliphatic hydroxyl groups is 1. The first-order valence-electron chi connectivity index (χ1n) is 6.60. The van der Waals surface area contributed by atoms with Gasteiger partial charge in [0.25, 0.3) is 0 Å². The number of aliphatic hydroxyl groups excluding tert-OH is 1. The fourth-order valence-corrected chi connectivity index (χ4v) is 3.18. The summed E-state index contributed by atoms with van der Waals surface area (Å²) in [5.74, 6) is -5.08. The van der Waals surface area contributed by atoms with Crippen molar-refractivity contribution in [3.63, 3.8) is 0 Å².